The third-order valence-corrected chi connectivity index (χ3v) is 5.29. The van der Waals surface area contributed by atoms with E-state index in [9.17, 15) is 18.8 Å². The van der Waals surface area contributed by atoms with Gasteiger partial charge in [-0.3, -0.25) is 14.4 Å². The van der Waals surface area contributed by atoms with Crippen molar-refractivity contribution < 1.29 is 23.5 Å². The van der Waals surface area contributed by atoms with Crippen molar-refractivity contribution in [3.63, 3.8) is 0 Å². The molecule has 0 bridgehead atoms. The Hall–Kier alpha value is -1.76. The Balaban J connectivity index is -0.000000496. The quantitative estimate of drug-likeness (QED) is 0.267. The smallest absolute Gasteiger partial charge is 0.306 e. The summed E-state index contributed by atoms with van der Waals surface area (Å²) in [6.45, 7) is 20.8. The van der Waals surface area contributed by atoms with Crippen molar-refractivity contribution in [1.29, 1.82) is 0 Å². The molecule has 7 heteroatoms. The van der Waals surface area contributed by atoms with Gasteiger partial charge in [0.15, 0.2) is 5.78 Å². The molecular weight excluding hydrogens is 501 g/mol. The van der Waals surface area contributed by atoms with Crippen molar-refractivity contribution in [2.24, 2.45) is 17.6 Å². The molecule has 0 radical (unpaired) electrons. The first-order valence-corrected chi connectivity index (χ1v) is 13.1. The van der Waals surface area contributed by atoms with Crippen LogP contribution in [0.25, 0.3) is 0 Å². The minimum absolute atomic E-state index is 0.0989. The molecule has 1 aromatic rings. The summed E-state index contributed by atoms with van der Waals surface area (Å²) < 4.78 is 19.6. The van der Waals surface area contributed by atoms with Gasteiger partial charge in [-0.25, -0.2) is 4.39 Å². The van der Waals surface area contributed by atoms with E-state index in [0.29, 0.717) is 12.8 Å². The van der Waals surface area contributed by atoms with E-state index in [1.807, 2.05) is 69.2 Å². The fourth-order valence-electron chi connectivity index (χ4n) is 2.51. The SMILES string of the molecule is CC.CC.CC(CCC(=O)OC(C)(C)C)C(N)=O.CCc1c(Br)ccc(F)c1C(=O)C(C)CC. The molecule has 1 rings (SSSR count). The van der Waals surface area contributed by atoms with Gasteiger partial charge < -0.3 is 10.5 Å². The van der Waals surface area contributed by atoms with Gasteiger partial charge in [0.25, 0.3) is 0 Å². The monoisotopic (exact) mass is 547 g/mol. The molecule has 0 aliphatic carbocycles. The van der Waals surface area contributed by atoms with Gasteiger partial charge >= 0.3 is 5.97 Å². The molecule has 0 aliphatic rings. The number of benzene rings is 1. The van der Waals surface area contributed by atoms with Crippen LogP contribution in [0.3, 0.4) is 0 Å². The third kappa shape index (κ3) is 15.2. The first-order chi connectivity index (χ1) is 15.7. The van der Waals surface area contributed by atoms with Crippen molar-refractivity contribution >= 4 is 33.6 Å². The normalized spacial score (nSPS) is 11.8. The Morgan fingerprint density at radius 1 is 1.03 bits per heavy atom. The lowest BCUT2D eigenvalue weighted by atomic mass is 9.92. The van der Waals surface area contributed by atoms with Crippen LogP contribution >= 0.6 is 15.9 Å². The average molecular weight is 549 g/mol. The van der Waals surface area contributed by atoms with E-state index in [0.717, 1.165) is 16.5 Å². The fraction of sp³-hybridized carbons (Fsp3) is 0.667. The number of nitrogens with two attached hydrogens (primary N) is 1. The minimum atomic E-state index is -0.465. The van der Waals surface area contributed by atoms with Gasteiger partial charge in [0.05, 0.1) is 5.56 Å². The van der Waals surface area contributed by atoms with Gasteiger partial charge in [-0.1, -0.05) is 71.3 Å². The summed E-state index contributed by atoms with van der Waals surface area (Å²) in [6.07, 6.45) is 2.06. The highest BCUT2D eigenvalue weighted by Crippen LogP contribution is 2.26. The van der Waals surface area contributed by atoms with Crippen LogP contribution in [0.2, 0.25) is 0 Å². The van der Waals surface area contributed by atoms with E-state index in [4.69, 9.17) is 10.5 Å². The van der Waals surface area contributed by atoms with E-state index in [2.05, 4.69) is 15.9 Å². The molecule has 0 fully saturated rings. The zero-order chi connectivity index (χ0) is 27.6. The summed E-state index contributed by atoms with van der Waals surface area (Å²) >= 11 is 3.36. The number of carbonyl (C=O) groups is 3. The first-order valence-electron chi connectivity index (χ1n) is 12.3. The summed E-state index contributed by atoms with van der Waals surface area (Å²) in [6, 6.07) is 3.00. The number of halogens is 2. The van der Waals surface area contributed by atoms with Crippen LogP contribution in [0.1, 0.15) is 111 Å². The van der Waals surface area contributed by atoms with Crippen molar-refractivity contribution in [2.45, 2.75) is 107 Å². The zero-order valence-electron chi connectivity index (χ0n) is 23.1. The predicted octanol–water partition coefficient (Wildman–Crippen LogP) is 7.66. The van der Waals surface area contributed by atoms with Crippen LogP contribution in [0.4, 0.5) is 4.39 Å². The second kappa shape index (κ2) is 19.5. The second-order valence-electron chi connectivity index (χ2n) is 8.34. The summed E-state index contributed by atoms with van der Waals surface area (Å²) in [5.74, 6) is -1.58. The van der Waals surface area contributed by atoms with Gasteiger partial charge in [0.1, 0.15) is 11.4 Å². The average Bonchev–Trinajstić information content (AvgIpc) is 2.79. The molecule has 1 aromatic carbocycles. The van der Waals surface area contributed by atoms with Crippen molar-refractivity contribution in [3.8, 4) is 0 Å². The van der Waals surface area contributed by atoms with E-state index < -0.39 is 11.4 Å². The van der Waals surface area contributed by atoms with Crippen molar-refractivity contribution in [3.05, 3.63) is 33.5 Å². The van der Waals surface area contributed by atoms with Gasteiger partial charge in [-0.05, 0) is 57.7 Å². The minimum Gasteiger partial charge on any atom is -0.460 e. The number of ketones is 1. The molecule has 1 amide bonds. The van der Waals surface area contributed by atoms with E-state index >= 15 is 0 Å². The molecule has 2 unspecified atom stereocenters. The number of ether oxygens (including phenoxy) is 1. The maximum absolute atomic E-state index is 13.7. The lowest BCUT2D eigenvalue weighted by Gasteiger charge is -2.19. The number of hydrogen-bond acceptors (Lipinski definition) is 4. The van der Waals surface area contributed by atoms with E-state index in [1.54, 1.807) is 13.0 Å². The largest absolute Gasteiger partial charge is 0.460 e. The van der Waals surface area contributed by atoms with Gasteiger partial charge in [-0.15, -0.1) is 0 Å². The van der Waals surface area contributed by atoms with E-state index in [1.165, 1.54) is 6.07 Å². The number of esters is 1. The Morgan fingerprint density at radius 3 is 1.91 bits per heavy atom. The van der Waals surface area contributed by atoms with Crippen LogP contribution in [-0.2, 0) is 20.7 Å². The maximum atomic E-state index is 13.7. The maximum Gasteiger partial charge on any atom is 0.306 e. The number of primary amides is 1. The summed E-state index contributed by atoms with van der Waals surface area (Å²) in [5, 5.41) is 0. The van der Waals surface area contributed by atoms with Crippen LogP contribution in [0, 0.1) is 17.7 Å². The number of Topliss-reactive ketones (excluding diaryl/α,β-unsaturated/α-hetero) is 1. The Labute approximate surface area is 215 Å². The highest BCUT2D eigenvalue weighted by molar-refractivity contribution is 9.10. The molecule has 2 atom stereocenters. The summed E-state index contributed by atoms with van der Waals surface area (Å²) in [5.41, 5.74) is 5.62. The van der Waals surface area contributed by atoms with Crippen LogP contribution in [-0.4, -0.2) is 23.3 Å². The van der Waals surface area contributed by atoms with Crippen molar-refractivity contribution in [2.75, 3.05) is 0 Å². The van der Waals surface area contributed by atoms with Crippen molar-refractivity contribution in [1.82, 2.24) is 0 Å². The molecule has 0 saturated carbocycles. The van der Waals surface area contributed by atoms with Crippen LogP contribution < -0.4 is 5.73 Å². The molecule has 0 spiro atoms. The van der Waals surface area contributed by atoms with Gasteiger partial charge in [0.2, 0.25) is 5.91 Å². The van der Waals surface area contributed by atoms with Crippen LogP contribution in [0.15, 0.2) is 16.6 Å². The topological polar surface area (TPSA) is 86.5 Å². The van der Waals surface area contributed by atoms with Crippen LogP contribution in [0.5, 0.6) is 0 Å². The number of amides is 1. The Bertz CT molecular complexity index is 745. The summed E-state index contributed by atoms with van der Waals surface area (Å²) in [4.78, 5) is 33.9. The molecular formula is C27H47BrFNO4. The standard InChI is InChI=1S/C13H16BrFO.C10H19NO3.2C2H6/c1-4-8(3)13(16)12-9(5-2)10(14)6-7-11(12)15;1-7(9(11)13)5-6-8(12)14-10(2,3)4;2*1-2/h6-8H,4-5H2,1-3H3;7H,5-6H2,1-4H3,(H2,11,13);2*1-2H3. The molecule has 0 aromatic heterocycles. The molecule has 0 heterocycles. The molecule has 0 aliphatic heterocycles. The highest BCUT2D eigenvalue weighted by Gasteiger charge is 2.22. The Morgan fingerprint density at radius 2 is 1.53 bits per heavy atom. The molecule has 34 heavy (non-hydrogen) atoms. The molecule has 2 N–H and O–H groups in total. The second-order valence-corrected chi connectivity index (χ2v) is 9.19. The lowest BCUT2D eigenvalue weighted by Crippen LogP contribution is -2.25. The number of carbonyl (C=O) groups excluding carboxylic acids is 3. The Kier molecular flexibility index (Phi) is 21.1. The van der Waals surface area contributed by atoms with Gasteiger partial charge in [-0.2, -0.15) is 0 Å². The molecule has 5 nitrogen and oxygen atoms in total. The molecule has 198 valence electrons. The molecule has 0 saturated heterocycles. The number of hydrogen-bond donors (Lipinski definition) is 1. The third-order valence-electron chi connectivity index (χ3n) is 4.55. The fourth-order valence-corrected chi connectivity index (χ4v) is 3.12. The summed E-state index contributed by atoms with van der Waals surface area (Å²) in [7, 11) is 0. The number of rotatable bonds is 8. The highest BCUT2D eigenvalue weighted by atomic mass is 79.9. The predicted molar refractivity (Wildman–Crippen MR) is 143 cm³/mol. The first kappa shape index (κ1) is 36.8. The lowest BCUT2D eigenvalue weighted by molar-refractivity contribution is -0.155. The van der Waals surface area contributed by atoms with E-state index in [-0.39, 0.29) is 41.5 Å². The zero-order valence-corrected chi connectivity index (χ0v) is 24.7. The van der Waals surface area contributed by atoms with Gasteiger partial charge in [0, 0.05) is 22.7 Å².